The van der Waals surface area contributed by atoms with Crippen LogP contribution in [0.25, 0.3) is 11.1 Å². The van der Waals surface area contributed by atoms with Gasteiger partial charge in [0.2, 0.25) is 0 Å². The van der Waals surface area contributed by atoms with Crippen molar-refractivity contribution in [3.8, 4) is 11.1 Å². The number of hydrogen-bond acceptors (Lipinski definition) is 4. The van der Waals surface area contributed by atoms with Crippen LogP contribution in [0.2, 0.25) is 0 Å². The summed E-state index contributed by atoms with van der Waals surface area (Å²) < 4.78 is 0. The average molecular weight is 289 g/mol. The number of nitrogens with two attached hydrogens (primary N) is 2. The first-order valence-corrected chi connectivity index (χ1v) is 8.07. The van der Waals surface area contributed by atoms with Crippen molar-refractivity contribution in [1.29, 1.82) is 0 Å². The lowest BCUT2D eigenvalue weighted by Gasteiger charge is -2.09. The molecule has 0 aliphatic rings. The van der Waals surface area contributed by atoms with Crippen molar-refractivity contribution in [1.82, 2.24) is 5.32 Å². The Hall–Kier alpha value is -1.52. The molecule has 2 aromatic rings. The zero-order valence-electron chi connectivity index (χ0n) is 12.0. The predicted octanol–water partition coefficient (Wildman–Crippen LogP) is 3.86. The van der Waals surface area contributed by atoms with E-state index in [1.807, 2.05) is 18.2 Å². The maximum Gasteiger partial charge on any atom is 0.0395 e. The SMILES string of the molecule is CCCCCNCc1cscc1-c1cc(N)ccc1N. The fraction of sp³-hybridized carbons (Fsp3) is 0.375. The molecule has 3 nitrogen and oxygen atoms in total. The maximum atomic E-state index is 6.07. The van der Waals surface area contributed by atoms with Gasteiger partial charge < -0.3 is 16.8 Å². The average Bonchev–Trinajstić information content (AvgIpc) is 2.89. The highest BCUT2D eigenvalue weighted by atomic mass is 32.1. The third-order valence-electron chi connectivity index (χ3n) is 3.38. The molecule has 20 heavy (non-hydrogen) atoms. The molecule has 2 rings (SSSR count). The van der Waals surface area contributed by atoms with Crippen LogP contribution in [-0.4, -0.2) is 6.54 Å². The lowest BCUT2D eigenvalue weighted by molar-refractivity contribution is 0.618. The van der Waals surface area contributed by atoms with Crippen LogP contribution in [0.4, 0.5) is 11.4 Å². The Morgan fingerprint density at radius 2 is 1.95 bits per heavy atom. The van der Waals surface area contributed by atoms with E-state index < -0.39 is 0 Å². The smallest absolute Gasteiger partial charge is 0.0395 e. The third kappa shape index (κ3) is 3.74. The molecule has 0 aliphatic heterocycles. The molecule has 108 valence electrons. The van der Waals surface area contributed by atoms with E-state index in [1.54, 1.807) is 11.3 Å². The normalized spacial score (nSPS) is 10.8. The van der Waals surface area contributed by atoms with Crippen molar-refractivity contribution in [3.05, 3.63) is 34.5 Å². The molecule has 0 atom stereocenters. The topological polar surface area (TPSA) is 64.1 Å². The van der Waals surface area contributed by atoms with Crippen LogP contribution >= 0.6 is 11.3 Å². The van der Waals surface area contributed by atoms with Crippen LogP contribution in [0.15, 0.2) is 29.0 Å². The minimum atomic E-state index is 0.752. The molecule has 1 heterocycles. The Balaban J connectivity index is 2.06. The molecule has 1 aromatic carbocycles. The van der Waals surface area contributed by atoms with E-state index in [9.17, 15) is 0 Å². The van der Waals surface area contributed by atoms with Crippen LogP contribution in [-0.2, 0) is 6.54 Å². The summed E-state index contributed by atoms with van der Waals surface area (Å²) in [5.74, 6) is 0. The first kappa shape index (κ1) is 14.9. The minimum Gasteiger partial charge on any atom is -0.399 e. The van der Waals surface area contributed by atoms with Crippen LogP contribution < -0.4 is 16.8 Å². The van der Waals surface area contributed by atoms with Crippen LogP contribution in [0, 0.1) is 0 Å². The first-order chi connectivity index (χ1) is 9.72. The molecule has 0 saturated carbocycles. The fourth-order valence-electron chi connectivity index (χ4n) is 2.23. The Morgan fingerprint density at radius 3 is 2.75 bits per heavy atom. The number of benzene rings is 1. The van der Waals surface area contributed by atoms with Gasteiger partial charge in [0.05, 0.1) is 0 Å². The van der Waals surface area contributed by atoms with Gasteiger partial charge in [-0.1, -0.05) is 19.8 Å². The number of nitrogens with one attached hydrogen (secondary N) is 1. The van der Waals surface area contributed by atoms with Gasteiger partial charge in [0.1, 0.15) is 0 Å². The number of nitrogen functional groups attached to an aromatic ring is 2. The lowest BCUT2D eigenvalue weighted by Crippen LogP contribution is -2.14. The van der Waals surface area contributed by atoms with Gasteiger partial charge in [0, 0.05) is 23.5 Å². The lowest BCUT2D eigenvalue weighted by atomic mass is 10.0. The number of unbranched alkanes of at least 4 members (excludes halogenated alkanes) is 2. The molecular formula is C16H23N3S. The van der Waals surface area contributed by atoms with Gasteiger partial charge in [0.15, 0.2) is 0 Å². The van der Waals surface area contributed by atoms with Gasteiger partial charge in [-0.05, 0) is 53.1 Å². The van der Waals surface area contributed by atoms with Crippen LogP contribution in [0.5, 0.6) is 0 Å². The van der Waals surface area contributed by atoms with E-state index >= 15 is 0 Å². The van der Waals surface area contributed by atoms with E-state index in [0.29, 0.717) is 0 Å². The molecule has 1 aromatic heterocycles. The van der Waals surface area contributed by atoms with E-state index in [2.05, 4.69) is 23.0 Å². The minimum absolute atomic E-state index is 0.752. The van der Waals surface area contributed by atoms with Crippen molar-refractivity contribution < 1.29 is 0 Å². The summed E-state index contributed by atoms with van der Waals surface area (Å²) >= 11 is 1.71. The summed E-state index contributed by atoms with van der Waals surface area (Å²) in [4.78, 5) is 0. The highest BCUT2D eigenvalue weighted by Gasteiger charge is 2.09. The highest BCUT2D eigenvalue weighted by Crippen LogP contribution is 2.33. The second-order valence-electron chi connectivity index (χ2n) is 5.04. The number of hydrogen-bond donors (Lipinski definition) is 3. The predicted molar refractivity (Wildman–Crippen MR) is 89.8 cm³/mol. The van der Waals surface area contributed by atoms with Crippen LogP contribution in [0.3, 0.4) is 0 Å². The molecule has 0 bridgehead atoms. The zero-order chi connectivity index (χ0) is 14.4. The van der Waals surface area contributed by atoms with Gasteiger partial charge in [-0.2, -0.15) is 11.3 Å². The van der Waals surface area contributed by atoms with E-state index in [4.69, 9.17) is 11.5 Å². The maximum absolute atomic E-state index is 6.07. The first-order valence-electron chi connectivity index (χ1n) is 7.13. The monoisotopic (exact) mass is 289 g/mol. The van der Waals surface area contributed by atoms with Crippen molar-refractivity contribution in [3.63, 3.8) is 0 Å². The van der Waals surface area contributed by atoms with Gasteiger partial charge in [-0.25, -0.2) is 0 Å². The molecule has 0 spiro atoms. The molecule has 0 aliphatic carbocycles. The number of thiophene rings is 1. The Labute approximate surface area is 125 Å². The second kappa shape index (κ2) is 7.31. The fourth-order valence-corrected chi connectivity index (χ4v) is 3.08. The molecule has 0 unspecified atom stereocenters. The summed E-state index contributed by atoms with van der Waals surface area (Å²) in [5, 5.41) is 7.83. The van der Waals surface area contributed by atoms with Crippen molar-refractivity contribution >= 4 is 22.7 Å². The van der Waals surface area contributed by atoms with Crippen LogP contribution in [0.1, 0.15) is 31.7 Å². The molecule has 5 N–H and O–H groups in total. The summed E-state index contributed by atoms with van der Waals surface area (Å²) in [7, 11) is 0. The molecular weight excluding hydrogens is 266 g/mol. The van der Waals surface area contributed by atoms with Gasteiger partial charge >= 0.3 is 0 Å². The van der Waals surface area contributed by atoms with Gasteiger partial charge in [-0.3, -0.25) is 0 Å². The largest absolute Gasteiger partial charge is 0.399 e. The van der Waals surface area contributed by atoms with E-state index in [-0.39, 0.29) is 0 Å². The summed E-state index contributed by atoms with van der Waals surface area (Å²) in [6.45, 7) is 4.17. The summed E-state index contributed by atoms with van der Waals surface area (Å²) in [5.41, 5.74) is 17.0. The Bertz CT molecular complexity index is 548. The summed E-state index contributed by atoms with van der Waals surface area (Å²) in [6.07, 6.45) is 3.77. The molecule has 0 radical (unpaired) electrons. The standard InChI is InChI=1S/C16H23N3S/c1-2-3-4-7-19-9-12-10-20-11-15(12)14-8-13(17)5-6-16(14)18/h5-6,8,10-11,19H,2-4,7,9,17-18H2,1H3. The number of anilines is 2. The number of rotatable bonds is 7. The van der Waals surface area contributed by atoms with Crippen molar-refractivity contribution in [2.75, 3.05) is 18.0 Å². The Morgan fingerprint density at radius 1 is 1.10 bits per heavy atom. The highest BCUT2D eigenvalue weighted by molar-refractivity contribution is 7.08. The summed E-state index contributed by atoms with van der Waals surface area (Å²) in [6, 6.07) is 5.67. The zero-order valence-corrected chi connectivity index (χ0v) is 12.8. The molecule has 0 saturated heterocycles. The second-order valence-corrected chi connectivity index (χ2v) is 5.78. The molecule has 0 amide bonds. The quantitative estimate of drug-likeness (QED) is 0.535. The van der Waals surface area contributed by atoms with Crippen molar-refractivity contribution in [2.45, 2.75) is 32.7 Å². The van der Waals surface area contributed by atoms with Gasteiger partial charge in [-0.15, -0.1) is 0 Å². The molecule has 0 fully saturated rings. The van der Waals surface area contributed by atoms with E-state index in [1.165, 1.54) is 30.4 Å². The van der Waals surface area contributed by atoms with E-state index in [0.717, 1.165) is 30.0 Å². The molecule has 4 heteroatoms. The van der Waals surface area contributed by atoms with Gasteiger partial charge in [0.25, 0.3) is 0 Å². The third-order valence-corrected chi connectivity index (χ3v) is 4.17. The van der Waals surface area contributed by atoms with Crippen molar-refractivity contribution in [2.24, 2.45) is 0 Å². The Kier molecular flexibility index (Phi) is 5.44.